The van der Waals surface area contributed by atoms with Crippen LogP contribution in [0.1, 0.15) is 11.1 Å². The lowest BCUT2D eigenvalue weighted by Crippen LogP contribution is -2.07. The Labute approximate surface area is 126 Å². The van der Waals surface area contributed by atoms with E-state index in [0.717, 1.165) is 9.13 Å². The van der Waals surface area contributed by atoms with Gasteiger partial charge in [-0.05, 0) is 71.0 Å². The Balaban J connectivity index is 2.35. The Bertz CT molecular complexity index is 694. The van der Waals surface area contributed by atoms with Crippen molar-refractivity contribution >= 4 is 38.1 Å². The van der Waals surface area contributed by atoms with Crippen molar-refractivity contribution in [2.75, 3.05) is 5.73 Å². The number of nitrogen functional groups attached to an aromatic ring is 1. The summed E-state index contributed by atoms with van der Waals surface area (Å²) in [7, 11) is -3.33. The van der Waals surface area contributed by atoms with Gasteiger partial charge >= 0.3 is 0 Å². The van der Waals surface area contributed by atoms with Gasteiger partial charge in [-0.3, -0.25) is 0 Å². The quantitative estimate of drug-likeness (QED) is 0.650. The molecule has 100 valence electrons. The first-order valence-corrected chi connectivity index (χ1v) is 8.45. The summed E-state index contributed by atoms with van der Waals surface area (Å²) in [6, 6.07) is 12.4. The third-order valence-electron chi connectivity index (χ3n) is 2.80. The molecule has 0 unspecified atom stereocenters. The van der Waals surface area contributed by atoms with Gasteiger partial charge in [-0.2, -0.15) is 0 Å². The summed E-state index contributed by atoms with van der Waals surface area (Å²) in [4.78, 5) is 0.347. The summed E-state index contributed by atoms with van der Waals surface area (Å²) in [5.41, 5.74) is 7.69. The molecule has 0 aliphatic rings. The Morgan fingerprint density at radius 1 is 1.11 bits per heavy atom. The van der Waals surface area contributed by atoms with Gasteiger partial charge in [0, 0.05) is 9.26 Å². The van der Waals surface area contributed by atoms with Gasteiger partial charge in [-0.25, -0.2) is 8.42 Å². The smallest absolute Gasteiger partial charge is 0.182 e. The summed E-state index contributed by atoms with van der Waals surface area (Å²) in [6.07, 6.45) is 0. The molecule has 2 rings (SSSR count). The van der Waals surface area contributed by atoms with E-state index in [2.05, 4.69) is 22.6 Å². The fraction of sp³-hybridized carbons (Fsp3) is 0.143. The maximum Gasteiger partial charge on any atom is 0.182 e. The summed E-state index contributed by atoms with van der Waals surface area (Å²) in [5, 5.41) is 0. The molecule has 0 atom stereocenters. The fourth-order valence-electron chi connectivity index (χ4n) is 1.90. The zero-order valence-corrected chi connectivity index (χ0v) is 13.4. The number of rotatable bonds is 3. The van der Waals surface area contributed by atoms with Crippen LogP contribution in [0.4, 0.5) is 5.69 Å². The topological polar surface area (TPSA) is 60.2 Å². The molecule has 0 fully saturated rings. The molecule has 0 saturated carbocycles. The number of anilines is 1. The summed E-state index contributed by atoms with van der Waals surface area (Å²) in [6.45, 7) is 1.76. The molecule has 19 heavy (non-hydrogen) atoms. The predicted octanol–water partition coefficient (Wildman–Crippen LogP) is 3.16. The summed E-state index contributed by atoms with van der Waals surface area (Å²) >= 11 is 2.19. The molecule has 0 bridgehead atoms. The molecule has 2 aromatic rings. The Kier molecular flexibility index (Phi) is 4.15. The van der Waals surface area contributed by atoms with Crippen molar-refractivity contribution in [1.82, 2.24) is 0 Å². The Morgan fingerprint density at radius 2 is 1.74 bits per heavy atom. The van der Waals surface area contributed by atoms with Crippen LogP contribution >= 0.6 is 22.6 Å². The van der Waals surface area contributed by atoms with Crippen LogP contribution in [0.3, 0.4) is 0 Å². The monoisotopic (exact) mass is 387 g/mol. The first kappa shape index (κ1) is 14.3. The molecule has 2 N–H and O–H groups in total. The van der Waals surface area contributed by atoms with E-state index in [1.807, 2.05) is 24.3 Å². The highest BCUT2D eigenvalue weighted by molar-refractivity contribution is 14.1. The van der Waals surface area contributed by atoms with Crippen molar-refractivity contribution in [3.8, 4) is 0 Å². The van der Waals surface area contributed by atoms with Gasteiger partial charge in [0.15, 0.2) is 9.84 Å². The van der Waals surface area contributed by atoms with Crippen LogP contribution in [-0.4, -0.2) is 8.42 Å². The second kappa shape index (κ2) is 5.50. The third kappa shape index (κ3) is 3.48. The van der Waals surface area contributed by atoms with Crippen LogP contribution in [0.25, 0.3) is 0 Å². The van der Waals surface area contributed by atoms with Crippen LogP contribution in [0.2, 0.25) is 0 Å². The number of sulfone groups is 1. The van der Waals surface area contributed by atoms with E-state index >= 15 is 0 Å². The van der Waals surface area contributed by atoms with Crippen molar-refractivity contribution in [3.05, 3.63) is 57.2 Å². The Hall–Kier alpha value is -1.08. The molecule has 0 aliphatic carbocycles. The van der Waals surface area contributed by atoms with Crippen LogP contribution < -0.4 is 5.73 Å². The van der Waals surface area contributed by atoms with E-state index in [0.29, 0.717) is 16.1 Å². The molecular formula is C14H14INO2S. The molecule has 0 radical (unpaired) electrons. The lowest BCUT2D eigenvalue weighted by Gasteiger charge is -2.08. The zero-order chi connectivity index (χ0) is 14.0. The Morgan fingerprint density at radius 3 is 2.32 bits per heavy atom. The van der Waals surface area contributed by atoms with Gasteiger partial charge in [-0.1, -0.05) is 12.1 Å². The summed E-state index contributed by atoms with van der Waals surface area (Å²) < 4.78 is 25.8. The molecule has 0 aliphatic heterocycles. The normalized spacial score (nSPS) is 11.5. The van der Waals surface area contributed by atoms with E-state index in [9.17, 15) is 8.42 Å². The standard InChI is InChI=1S/C14H14INO2S/c1-10-8-13(16)6-7-14(10)19(17,18)9-11-2-4-12(15)5-3-11/h2-8H,9,16H2,1H3. The van der Waals surface area contributed by atoms with E-state index in [-0.39, 0.29) is 5.75 Å². The van der Waals surface area contributed by atoms with Gasteiger partial charge in [0.05, 0.1) is 10.6 Å². The molecule has 0 spiro atoms. The number of benzene rings is 2. The molecule has 2 aromatic carbocycles. The molecule has 5 heteroatoms. The van der Waals surface area contributed by atoms with Crippen molar-refractivity contribution in [2.45, 2.75) is 17.6 Å². The molecular weight excluding hydrogens is 373 g/mol. The average molecular weight is 387 g/mol. The minimum Gasteiger partial charge on any atom is -0.399 e. The zero-order valence-electron chi connectivity index (χ0n) is 10.4. The van der Waals surface area contributed by atoms with Gasteiger partial charge in [0.25, 0.3) is 0 Å². The SMILES string of the molecule is Cc1cc(N)ccc1S(=O)(=O)Cc1ccc(I)cc1. The third-order valence-corrected chi connectivity index (χ3v) is 5.36. The largest absolute Gasteiger partial charge is 0.399 e. The molecule has 0 amide bonds. The highest BCUT2D eigenvalue weighted by atomic mass is 127. The molecule has 0 saturated heterocycles. The molecule has 0 heterocycles. The minimum absolute atomic E-state index is 0.00861. The van der Waals surface area contributed by atoms with Crippen molar-refractivity contribution < 1.29 is 8.42 Å². The van der Waals surface area contributed by atoms with Crippen molar-refractivity contribution in [2.24, 2.45) is 0 Å². The van der Waals surface area contributed by atoms with Crippen molar-refractivity contribution in [1.29, 1.82) is 0 Å². The predicted molar refractivity (Wildman–Crippen MR) is 85.6 cm³/mol. The summed E-state index contributed by atoms with van der Waals surface area (Å²) in [5.74, 6) is 0.00861. The maximum absolute atomic E-state index is 12.4. The number of halogens is 1. The lowest BCUT2D eigenvalue weighted by molar-refractivity contribution is 0.594. The van der Waals surface area contributed by atoms with Crippen LogP contribution in [0.15, 0.2) is 47.4 Å². The molecule has 0 aromatic heterocycles. The first-order valence-electron chi connectivity index (χ1n) is 5.72. The highest BCUT2D eigenvalue weighted by Crippen LogP contribution is 2.22. The minimum atomic E-state index is -3.33. The van der Waals surface area contributed by atoms with Crippen LogP contribution in [0.5, 0.6) is 0 Å². The average Bonchev–Trinajstić information content (AvgIpc) is 2.31. The lowest BCUT2D eigenvalue weighted by atomic mass is 10.2. The fourth-order valence-corrected chi connectivity index (χ4v) is 3.87. The first-order chi connectivity index (χ1) is 8.88. The maximum atomic E-state index is 12.4. The van der Waals surface area contributed by atoms with E-state index < -0.39 is 9.84 Å². The van der Waals surface area contributed by atoms with E-state index in [1.165, 1.54) is 0 Å². The van der Waals surface area contributed by atoms with E-state index in [1.54, 1.807) is 25.1 Å². The van der Waals surface area contributed by atoms with Gasteiger partial charge in [0.2, 0.25) is 0 Å². The second-order valence-corrected chi connectivity index (χ2v) is 7.61. The van der Waals surface area contributed by atoms with E-state index in [4.69, 9.17) is 5.73 Å². The number of nitrogens with two attached hydrogens (primary N) is 1. The van der Waals surface area contributed by atoms with Crippen LogP contribution in [-0.2, 0) is 15.6 Å². The number of aryl methyl sites for hydroxylation is 1. The number of hydrogen-bond acceptors (Lipinski definition) is 3. The number of hydrogen-bond donors (Lipinski definition) is 1. The van der Waals surface area contributed by atoms with Gasteiger partial charge < -0.3 is 5.73 Å². The van der Waals surface area contributed by atoms with Gasteiger partial charge in [0.1, 0.15) is 0 Å². The molecule has 3 nitrogen and oxygen atoms in total. The second-order valence-electron chi connectivity index (χ2n) is 4.41. The van der Waals surface area contributed by atoms with Crippen LogP contribution in [0, 0.1) is 10.5 Å². The highest BCUT2D eigenvalue weighted by Gasteiger charge is 2.17. The van der Waals surface area contributed by atoms with Crippen molar-refractivity contribution in [3.63, 3.8) is 0 Å². The van der Waals surface area contributed by atoms with Gasteiger partial charge in [-0.15, -0.1) is 0 Å².